The van der Waals surface area contributed by atoms with E-state index < -0.39 is 31.5 Å². The van der Waals surface area contributed by atoms with E-state index >= 15 is 4.79 Å². The fraction of sp³-hybridized carbons (Fsp3) is 0.333. The zero-order valence-electron chi connectivity index (χ0n) is 30.8. The van der Waals surface area contributed by atoms with Gasteiger partial charge >= 0.3 is 0 Å². The van der Waals surface area contributed by atoms with E-state index in [4.69, 9.17) is 9.47 Å². The minimum Gasteiger partial charge on any atom is -0.497 e. The van der Waals surface area contributed by atoms with E-state index in [-0.39, 0.29) is 43.0 Å². The van der Waals surface area contributed by atoms with Crippen molar-refractivity contribution in [3.05, 3.63) is 130 Å². The van der Waals surface area contributed by atoms with Crippen LogP contribution < -0.4 is 15.2 Å². The maximum absolute atomic E-state index is 15.1. The van der Waals surface area contributed by atoms with Crippen molar-refractivity contribution in [2.24, 2.45) is 5.92 Å². The molecule has 3 aliphatic rings. The van der Waals surface area contributed by atoms with Crippen LogP contribution in [-0.2, 0) is 39.4 Å². The summed E-state index contributed by atoms with van der Waals surface area (Å²) in [4.78, 5) is 58.0. The molecule has 3 aliphatic heterocycles. The van der Waals surface area contributed by atoms with Crippen molar-refractivity contribution in [3.8, 4) is 11.4 Å². The van der Waals surface area contributed by atoms with E-state index in [2.05, 4.69) is 5.10 Å². The van der Waals surface area contributed by atoms with Crippen molar-refractivity contribution in [1.29, 1.82) is 0 Å². The number of benzene rings is 4. The molecule has 278 valence electrons. The van der Waals surface area contributed by atoms with Crippen LogP contribution in [0.25, 0.3) is 16.5 Å². The van der Waals surface area contributed by atoms with Crippen LogP contribution in [0.5, 0.6) is 5.75 Å². The van der Waals surface area contributed by atoms with Gasteiger partial charge in [0, 0.05) is 29.0 Å². The Morgan fingerprint density at radius 3 is 2.52 bits per heavy atom. The van der Waals surface area contributed by atoms with Gasteiger partial charge in [0.2, 0.25) is 5.91 Å². The number of methoxy groups -OCH3 is 1. The summed E-state index contributed by atoms with van der Waals surface area (Å²) in [6.45, 7) is 5.97. The number of aromatic nitrogens is 2. The lowest BCUT2D eigenvalue weighted by atomic mass is 9.82. The molecule has 0 saturated carbocycles. The number of carbonyl (C=O) groups is 2. The first-order valence-corrected chi connectivity index (χ1v) is 21.4. The highest BCUT2D eigenvalue weighted by Gasteiger charge is 2.66. The smallest absolute Gasteiger partial charge is 0.279 e. The van der Waals surface area contributed by atoms with Crippen LogP contribution in [-0.4, -0.2) is 70.6 Å². The fourth-order valence-corrected chi connectivity index (χ4v) is 11.7. The zero-order valence-corrected chi connectivity index (χ0v) is 31.8. The second-order valence-electron chi connectivity index (χ2n) is 15.3. The summed E-state index contributed by atoms with van der Waals surface area (Å²) in [7, 11) is -1.50. The van der Waals surface area contributed by atoms with Crippen molar-refractivity contribution in [1.82, 2.24) is 14.7 Å². The van der Waals surface area contributed by atoms with Gasteiger partial charge in [-0.1, -0.05) is 61.5 Å². The average Bonchev–Trinajstić information content (AvgIpc) is 3.59. The quantitative estimate of drug-likeness (QED) is 0.211. The molecule has 2 amide bonds. The maximum atomic E-state index is 15.1. The summed E-state index contributed by atoms with van der Waals surface area (Å²) in [5, 5.41) is 16.1. The molecule has 5 aromatic rings. The van der Waals surface area contributed by atoms with E-state index in [1.54, 1.807) is 35.2 Å². The summed E-state index contributed by atoms with van der Waals surface area (Å²) >= 11 is 0. The topological polar surface area (TPSA) is 134 Å². The van der Waals surface area contributed by atoms with E-state index in [1.807, 2.05) is 98.9 Å². The SMILES string of the molecule is COc1ccc2c(c1)[C@]1(O[C@@H](CC(=O)N3Cc4ccccc4C[C@H]3CO)[C@H]([Si](C)(C)O)[C@H]1C)C(=O)N2Cc1cccc(-n2ncc3ccccc3c2=O)c1. The first-order valence-electron chi connectivity index (χ1n) is 18.4. The third kappa shape index (κ3) is 5.84. The molecule has 4 aromatic carbocycles. The number of hydrogen-bond acceptors (Lipinski definition) is 8. The van der Waals surface area contributed by atoms with Gasteiger partial charge in [-0.3, -0.25) is 14.4 Å². The van der Waals surface area contributed by atoms with E-state index in [0.29, 0.717) is 41.0 Å². The summed E-state index contributed by atoms with van der Waals surface area (Å²) in [6.07, 6.45) is 1.40. The highest BCUT2D eigenvalue weighted by Crippen LogP contribution is 2.60. The third-order valence-electron chi connectivity index (χ3n) is 11.6. The summed E-state index contributed by atoms with van der Waals surface area (Å²) in [5.74, 6) is -0.420. The van der Waals surface area contributed by atoms with Gasteiger partial charge in [-0.05, 0) is 72.6 Å². The lowest BCUT2D eigenvalue weighted by Crippen LogP contribution is -2.48. The average molecular weight is 745 g/mol. The van der Waals surface area contributed by atoms with Crippen molar-refractivity contribution in [2.45, 2.75) is 69.2 Å². The largest absolute Gasteiger partial charge is 0.497 e. The molecule has 11 nitrogen and oxygen atoms in total. The van der Waals surface area contributed by atoms with Gasteiger partial charge in [0.15, 0.2) is 13.9 Å². The van der Waals surface area contributed by atoms with Gasteiger partial charge in [0.1, 0.15) is 5.75 Å². The van der Waals surface area contributed by atoms with Gasteiger partial charge in [-0.2, -0.15) is 9.78 Å². The molecule has 2 N–H and O–H groups in total. The minimum atomic E-state index is -3.07. The number of hydrogen-bond donors (Lipinski definition) is 2. The van der Waals surface area contributed by atoms with Crippen LogP contribution in [0.3, 0.4) is 0 Å². The molecule has 5 atom stereocenters. The molecule has 1 aromatic heterocycles. The Kier molecular flexibility index (Phi) is 9.04. The number of rotatable bonds is 8. The first-order chi connectivity index (χ1) is 25.9. The Morgan fingerprint density at radius 1 is 1.00 bits per heavy atom. The van der Waals surface area contributed by atoms with Crippen molar-refractivity contribution >= 4 is 36.6 Å². The second kappa shape index (κ2) is 13.6. The van der Waals surface area contributed by atoms with Crippen LogP contribution in [0, 0.1) is 5.92 Å². The molecule has 0 bridgehead atoms. The molecule has 12 heteroatoms. The van der Waals surface area contributed by atoms with Crippen LogP contribution in [0.2, 0.25) is 18.6 Å². The Morgan fingerprint density at radius 2 is 1.76 bits per heavy atom. The Balaban J connectivity index is 1.14. The summed E-state index contributed by atoms with van der Waals surface area (Å²) in [6, 6.07) is 27.7. The van der Waals surface area contributed by atoms with E-state index in [9.17, 15) is 19.5 Å². The number of ether oxygens (including phenoxy) is 2. The number of nitrogens with zero attached hydrogens (tertiary/aromatic N) is 4. The summed E-state index contributed by atoms with van der Waals surface area (Å²) in [5.41, 5.74) is 2.56. The molecule has 0 radical (unpaired) electrons. The molecule has 54 heavy (non-hydrogen) atoms. The molecule has 8 rings (SSSR count). The van der Waals surface area contributed by atoms with Crippen LogP contribution >= 0.6 is 0 Å². The molecule has 0 unspecified atom stereocenters. The maximum Gasteiger partial charge on any atom is 0.279 e. The molecule has 1 fully saturated rings. The van der Waals surface area contributed by atoms with Crippen LogP contribution in [0.4, 0.5) is 5.69 Å². The van der Waals surface area contributed by atoms with Gasteiger partial charge < -0.3 is 29.2 Å². The first kappa shape index (κ1) is 35.9. The predicted molar refractivity (Wildman–Crippen MR) is 207 cm³/mol. The highest BCUT2D eigenvalue weighted by molar-refractivity contribution is 6.71. The van der Waals surface area contributed by atoms with Gasteiger partial charge in [-0.25, -0.2) is 0 Å². The van der Waals surface area contributed by atoms with E-state index in [0.717, 1.165) is 22.1 Å². The zero-order chi connectivity index (χ0) is 37.9. The number of anilines is 1. The predicted octanol–water partition coefficient (Wildman–Crippen LogP) is 5.07. The Labute approximate surface area is 314 Å². The number of aliphatic hydroxyl groups excluding tert-OH is 1. The number of aliphatic hydroxyl groups is 1. The van der Waals surface area contributed by atoms with E-state index in [1.165, 1.54) is 4.68 Å². The fourth-order valence-electron chi connectivity index (χ4n) is 9.12. The van der Waals surface area contributed by atoms with Gasteiger partial charge in [-0.15, -0.1) is 0 Å². The molecule has 1 spiro atoms. The van der Waals surface area contributed by atoms with Gasteiger partial charge in [0.25, 0.3) is 11.5 Å². The second-order valence-corrected chi connectivity index (χ2v) is 19.3. The highest BCUT2D eigenvalue weighted by atomic mass is 28.4. The van der Waals surface area contributed by atoms with Crippen LogP contribution in [0.15, 0.2) is 102 Å². The number of fused-ring (bicyclic) bond motifs is 4. The molecular weight excluding hydrogens is 701 g/mol. The number of carbonyl (C=O) groups excluding carboxylic acids is 2. The van der Waals surface area contributed by atoms with Crippen molar-refractivity contribution < 1.29 is 29.0 Å². The summed E-state index contributed by atoms with van der Waals surface area (Å²) < 4.78 is 14.0. The Bertz CT molecular complexity index is 2340. The van der Waals surface area contributed by atoms with Crippen molar-refractivity contribution in [2.75, 3.05) is 18.6 Å². The van der Waals surface area contributed by atoms with Crippen molar-refractivity contribution in [3.63, 3.8) is 0 Å². The molecule has 0 aliphatic carbocycles. The third-order valence-corrected chi connectivity index (χ3v) is 14.1. The van der Waals surface area contributed by atoms with Crippen LogP contribution in [0.1, 0.15) is 35.6 Å². The standard InChI is InChI=1S/C42H44N4O7Si/c1-26-39(54(3,4)51)37(21-38(48)44-24-30-13-6-5-11-28(30)19-32(44)25-47)53-42(26)35-20-33(52-2)16-17-36(35)45(41(42)50)23-27-10-9-14-31(18-27)46-40(49)34-15-8-7-12-29(34)22-43-46/h5-18,20,22,26,32,37,39,47,51H,19,21,23-25H2,1-4H3/t26-,32+,37+,39-,42+/m1/s1. The molecule has 4 heterocycles. The lowest BCUT2D eigenvalue weighted by Gasteiger charge is -2.37. The van der Waals surface area contributed by atoms with Gasteiger partial charge in [0.05, 0.1) is 61.8 Å². The molecular formula is C42H44N4O7Si. The number of amides is 2. The Hall–Kier alpha value is -5.14. The molecule has 1 saturated heterocycles. The monoisotopic (exact) mass is 744 g/mol. The normalized spacial score (nSPS) is 23.6. The lowest BCUT2D eigenvalue weighted by molar-refractivity contribution is -0.151. The minimum absolute atomic E-state index is 0.0471.